The number of nitrogens with zero attached hydrogens (tertiary/aromatic N) is 1. The van der Waals surface area contributed by atoms with Crippen molar-refractivity contribution in [3.05, 3.63) is 52.1 Å². The molecule has 4 N–H and O–H groups in total. The highest BCUT2D eigenvalue weighted by molar-refractivity contribution is 9.10. The molecule has 0 aliphatic heterocycles. The monoisotopic (exact) mass is 436 g/mol. The summed E-state index contributed by atoms with van der Waals surface area (Å²) in [7, 11) is 0. The van der Waals surface area contributed by atoms with Crippen molar-refractivity contribution in [2.24, 2.45) is 5.73 Å². The molecule has 0 aliphatic carbocycles. The number of amides is 2. The van der Waals surface area contributed by atoms with Crippen molar-refractivity contribution < 1.29 is 9.59 Å². The Bertz CT molecular complexity index is 905. The number of carbonyl (C=O) groups excluding carboxylic acids is 2. The van der Waals surface area contributed by atoms with Gasteiger partial charge in [-0.25, -0.2) is 4.98 Å². The number of hydrogen-bond donors (Lipinski definition) is 3. The summed E-state index contributed by atoms with van der Waals surface area (Å²) in [5.74, 6) is -0.354. The van der Waals surface area contributed by atoms with Gasteiger partial charge in [-0.15, -0.1) is 23.1 Å². The van der Waals surface area contributed by atoms with Crippen molar-refractivity contribution in [2.45, 2.75) is 4.90 Å². The third kappa shape index (κ3) is 4.71. The van der Waals surface area contributed by atoms with Crippen LogP contribution in [0.25, 0.3) is 11.3 Å². The maximum Gasteiger partial charge on any atom is 0.265 e. The van der Waals surface area contributed by atoms with Crippen molar-refractivity contribution in [3.63, 3.8) is 0 Å². The quantitative estimate of drug-likeness (QED) is 0.512. The van der Waals surface area contributed by atoms with Gasteiger partial charge in [-0.2, -0.15) is 0 Å². The Labute approximate surface area is 160 Å². The van der Waals surface area contributed by atoms with Gasteiger partial charge in [-0.1, -0.05) is 15.9 Å². The molecular formula is C16H13BrN4O2S2. The van der Waals surface area contributed by atoms with Crippen LogP contribution in [-0.2, 0) is 4.79 Å². The molecule has 3 rings (SSSR count). The SMILES string of the molecule is NC(=O)c1cc(-c2csc(NC(=O)CSc3ccc(Br)cc3)n2)c[nH]1. The van der Waals surface area contributed by atoms with Gasteiger partial charge in [0.05, 0.1) is 11.4 Å². The molecule has 2 amide bonds. The van der Waals surface area contributed by atoms with E-state index in [4.69, 9.17) is 5.73 Å². The molecule has 0 spiro atoms. The van der Waals surface area contributed by atoms with Crippen LogP contribution >= 0.6 is 39.0 Å². The Hall–Kier alpha value is -2.10. The molecule has 2 heterocycles. The fraction of sp³-hybridized carbons (Fsp3) is 0.0625. The van der Waals surface area contributed by atoms with Crippen LogP contribution in [0.5, 0.6) is 0 Å². The zero-order valence-corrected chi connectivity index (χ0v) is 16.0. The van der Waals surface area contributed by atoms with Crippen LogP contribution in [-0.4, -0.2) is 27.5 Å². The summed E-state index contributed by atoms with van der Waals surface area (Å²) in [6, 6.07) is 9.40. The number of rotatable bonds is 6. The predicted molar refractivity (Wildman–Crippen MR) is 104 cm³/mol. The lowest BCUT2D eigenvalue weighted by atomic mass is 10.2. The van der Waals surface area contributed by atoms with Crippen LogP contribution in [0.2, 0.25) is 0 Å². The van der Waals surface area contributed by atoms with Crippen LogP contribution in [0, 0.1) is 0 Å². The lowest BCUT2D eigenvalue weighted by molar-refractivity contribution is -0.113. The van der Waals surface area contributed by atoms with E-state index >= 15 is 0 Å². The number of primary amides is 1. The maximum atomic E-state index is 12.1. The molecule has 25 heavy (non-hydrogen) atoms. The van der Waals surface area contributed by atoms with E-state index in [1.807, 2.05) is 29.6 Å². The number of halogens is 1. The van der Waals surface area contributed by atoms with E-state index in [0.29, 0.717) is 22.3 Å². The second kappa shape index (κ2) is 7.85. The largest absolute Gasteiger partial charge is 0.364 e. The summed E-state index contributed by atoms with van der Waals surface area (Å²) in [6.07, 6.45) is 1.66. The molecule has 3 aromatic rings. The normalized spacial score (nSPS) is 10.6. The highest BCUT2D eigenvalue weighted by Crippen LogP contribution is 2.26. The molecule has 0 radical (unpaired) electrons. The highest BCUT2D eigenvalue weighted by atomic mass is 79.9. The van der Waals surface area contributed by atoms with Gasteiger partial charge in [-0.05, 0) is 30.3 Å². The van der Waals surface area contributed by atoms with Gasteiger partial charge >= 0.3 is 0 Å². The van der Waals surface area contributed by atoms with E-state index in [2.05, 4.69) is 31.2 Å². The molecule has 128 valence electrons. The number of hydrogen-bond acceptors (Lipinski definition) is 5. The van der Waals surface area contributed by atoms with Crippen molar-refractivity contribution in [1.29, 1.82) is 0 Å². The molecule has 0 aliphatic rings. The number of nitrogens with two attached hydrogens (primary N) is 1. The number of H-pyrrole nitrogens is 1. The molecule has 0 saturated heterocycles. The summed E-state index contributed by atoms with van der Waals surface area (Å²) in [4.78, 5) is 31.3. The summed E-state index contributed by atoms with van der Waals surface area (Å²) >= 11 is 6.16. The second-order valence-corrected chi connectivity index (χ2v) is 7.82. The Kier molecular flexibility index (Phi) is 5.57. The number of aromatic amines is 1. The minimum absolute atomic E-state index is 0.124. The molecule has 6 nitrogen and oxygen atoms in total. The third-order valence-corrected chi connectivity index (χ3v) is 5.48. The van der Waals surface area contributed by atoms with Gasteiger partial charge in [0.25, 0.3) is 5.91 Å². The summed E-state index contributed by atoms with van der Waals surface area (Å²) in [5, 5.41) is 5.10. The number of nitrogens with one attached hydrogen (secondary N) is 2. The fourth-order valence-electron chi connectivity index (χ4n) is 1.98. The summed E-state index contributed by atoms with van der Waals surface area (Å²) < 4.78 is 1.00. The fourth-order valence-corrected chi connectivity index (χ4v) is 3.68. The van der Waals surface area contributed by atoms with Gasteiger partial charge in [0, 0.05) is 26.5 Å². The van der Waals surface area contributed by atoms with Gasteiger partial charge in [0.2, 0.25) is 5.91 Å². The van der Waals surface area contributed by atoms with Crippen LogP contribution in [0.4, 0.5) is 5.13 Å². The number of benzene rings is 1. The molecule has 0 unspecified atom stereocenters. The minimum atomic E-state index is -0.528. The maximum absolute atomic E-state index is 12.1. The standard InChI is InChI=1S/C16H13BrN4O2S2/c17-10-1-3-11(4-2-10)24-8-14(22)21-16-20-13(7-25-16)9-5-12(15(18)23)19-6-9/h1-7,19H,8H2,(H2,18,23)(H,20,21,22). The van der Waals surface area contributed by atoms with Crippen molar-refractivity contribution in [2.75, 3.05) is 11.1 Å². The number of thioether (sulfide) groups is 1. The molecular weight excluding hydrogens is 424 g/mol. The van der Waals surface area contributed by atoms with E-state index < -0.39 is 5.91 Å². The summed E-state index contributed by atoms with van der Waals surface area (Å²) in [6.45, 7) is 0. The Morgan fingerprint density at radius 2 is 2.08 bits per heavy atom. The van der Waals surface area contributed by atoms with E-state index in [0.717, 1.165) is 14.9 Å². The molecule has 0 bridgehead atoms. The van der Waals surface area contributed by atoms with Crippen molar-refractivity contribution in [1.82, 2.24) is 9.97 Å². The molecule has 0 atom stereocenters. The van der Waals surface area contributed by atoms with Gasteiger partial charge in [0.1, 0.15) is 5.69 Å². The molecule has 2 aromatic heterocycles. The van der Waals surface area contributed by atoms with Crippen molar-refractivity contribution in [3.8, 4) is 11.3 Å². The van der Waals surface area contributed by atoms with Crippen molar-refractivity contribution >= 4 is 56.0 Å². The smallest absolute Gasteiger partial charge is 0.265 e. The lowest BCUT2D eigenvalue weighted by Gasteiger charge is -2.02. The number of anilines is 1. The topological polar surface area (TPSA) is 101 Å². The average molecular weight is 437 g/mol. The van der Waals surface area contributed by atoms with E-state index in [1.165, 1.54) is 23.1 Å². The van der Waals surface area contributed by atoms with E-state index in [-0.39, 0.29) is 5.91 Å². The average Bonchev–Trinajstić information content (AvgIpc) is 3.23. The number of aromatic nitrogens is 2. The van der Waals surface area contributed by atoms with Gasteiger partial charge < -0.3 is 16.0 Å². The predicted octanol–water partition coefficient (Wildman–Crippen LogP) is 3.73. The Morgan fingerprint density at radius 3 is 2.76 bits per heavy atom. The van der Waals surface area contributed by atoms with Crippen LogP contribution < -0.4 is 11.1 Å². The van der Waals surface area contributed by atoms with Crippen LogP contribution in [0.1, 0.15) is 10.5 Å². The first-order chi connectivity index (χ1) is 12.0. The molecule has 0 saturated carbocycles. The Balaban J connectivity index is 1.57. The third-order valence-electron chi connectivity index (χ3n) is 3.18. The molecule has 0 fully saturated rings. The molecule has 9 heteroatoms. The van der Waals surface area contributed by atoms with E-state index in [1.54, 1.807) is 12.3 Å². The van der Waals surface area contributed by atoms with E-state index in [9.17, 15) is 9.59 Å². The van der Waals surface area contributed by atoms with Gasteiger partial charge in [-0.3, -0.25) is 9.59 Å². The minimum Gasteiger partial charge on any atom is -0.364 e. The molecule has 1 aromatic carbocycles. The first-order valence-corrected chi connectivity index (χ1v) is 9.79. The zero-order chi connectivity index (χ0) is 17.8. The second-order valence-electron chi connectivity index (χ2n) is 4.99. The first kappa shape index (κ1) is 17.7. The van der Waals surface area contributed by atoms with Crippen LogP contribution in [0.15, 0.2) is 51.3 Å². The first-order valence-electron chi connectivity index (χ1n) is 7.13. The Morgan fingerprint density at radius 1 is 1.32 bits per heavy atom. The van der Waals surface area contributed by atoms with Crippen LogP contribution in [0.3, 0.4) is 0 Å². The zero-order valence-electron chi connectivity index (χ0n) is 12.8. The lowest BCUT2D eigenvalue weighted by Crippen LogP contribution is -2.13. The highest BCUT2D eigenvalue weighted by Gasteiger charge is 2.11. The van der Waals surface area contributed by atoms with Gasteiger partial charge in [0.15, 0.2) is 5.13 Å². The summed E-state index contributed by atoms with van der Waals surface area (Å²) in [5.41, 5.74) is 6.95. The number of carbonyl (C=O) groups is 2. The number of thiazole rings is 1.